The molecule has 0 amide bonds. The lowest BCUT2D eigenvalue weighted by atomic mass is 10.2. The summed E-state index contributed by atoms with van der Waals surface area (Å²) in [4.78, 5) is 0.233. The molecule has 7 heteroatoms. The molecule has 2 aromatic carbocycles. The number of nitrogens with one attached hydrogen (secondary N) is 1. The van der Waals surface area contributed by atoms with Crippen LogP contribution in [0.4, 0.5) is 0 Å². The van der Waals surface area contributed by atoms with Crippen LogP contribution in [0.1, 0.15) is 19.4 Å². The molecule has 1 atom stereocenters. The largest absolute Gasteiger partial charge is 0.486 e. The van der Waals surface area contributed by atoms with Crippen molar-refractivity contribution in [2.75, 3.05) is 13.2 Å². The van der Waals surface area contributed by atoms with Crippen LogP contribution in [0.25, 0.3) is 10.9 Å². The number of ether oxygens (including phenoxy) is 1. The molecule has 1 heterocycles. The van der Waals surface area contributed by atoms with E-state index >= 15 is 0 Å². The van der Waals surface area contributed by atoms with Gasteiger partial charge < -0.3 is 15.2 Å². The molecule has 0 spiro atoms. The fraction of sp³-hybridized carbons (Fsp3) is 0.333. The molecule has 0 bridgehead atoms. The molecule has 0 saturated heterocycles. The molecule has 3 rings (SSSR count). The molecule has 1 aromatic heterocycles. The standard InChI is InChI=1S/C21H26N2O4S/c1-15(2)22-13-17(14-24)27-21-6-4-5-20-19(21)11-12-23(20)28(25,26)18-9-7-16(3)8-10-18/h4-12,15,17,22,24H,13-14H2,1-3H3/t17-/m0/s1. The molecule has 0 fully saturated rings. The first-order chi connectivity index (χ1) is 13.3. The Hall–Kier alpha value is -2.35. The van der Waals surface area contributed by atoms with Gasteiger partial charge in [-0.1, -0.05) is 37.6 Å². The average molecular weight is 403 g/mol. The van der Waals surface area contributed by atoms with Crippen LogP contribution in [0.15, 0.2) is 59.6 Å². The van der Waals surface area contributed by atoms with Gasteiger partial charge >= 0.3 is 0 Å². The van der Waals surface area contributed by atoms with Crippen molar-refractivity contribution in [2.24, 2.45) is 0 Å². The van der Waals surface area contributed by atoms with Crippen LogP contribution in [-0.2, 0) is 10.0 Å². The van der Waals surface area contributed by atoms with Crippen LogP contribution in [0.5, 0.6) is 5.75 Å². The van der Waals surface area contributed by atoms with Gasteiger partial charge in [-0.05, 0) is 37.3 Å². The minimum atomic E-state index is -3.71. The Balaban J connectivity index is 1.95. The van der Waals surface area contributed by atoms with Crippen molar-refractivity contribution >= 4 is 20.9 Å². The van der Waals surface area contributed by atoms with E-state index in [0.29, 0.717) is 23.2 Å². The summed E-state index contributed by atoms with van der Waals surface area (Å²) in [6.07, 6.45) is 1.11. The minimum absolute atomic E-state index is 0.140. The van der Waals surface area contributed by atoms with E-state index in [-0.39, 0.29) is 17.5 Å². The quantitative estimate of drug-likeness (QED) is 0.606. The third kappa shape index (κ3) is 4.22. The highest BCUT2D eigenvalue weighted by molar-refractivity contribution is 7.90. The number of rotatable bonds is 8. The summed E-state index contributed by atoms with van der Waals surface area (Å²) < 4.78 is 33.3. The molecule has 0 aliphatic carbocycles. The van der Waals surface area contributed by atoms with Crippen LogP contribution < -0.4 is 10.1 Å². The highest BCUT2D eigenvalue weighted by Gasteiger charge is 2.20. The molecule has 0 aliphatic heterocycles. The third-order valence-electron chi connectivity index (χ3n) is 4.49. The summed E-state index contributed by atoms with van der Waals surface area (Å²) in [5.74, 6) is 0.542. The smallest absolute Gasteiger partial charge is 0.268 e. The molecule has 28 heavy (non-hydrogen) atoms. The first-order valence-corrected chi connectivity index (χ1v) is 10.7. The Labute approximate surface area is 165 Å². The predicted molar refractivity (Wildman–Crippen MR) is 110 cm³/mol. The van der Waals surface area contributed by atoms with Crippen LogP contribution >= 0.6 is 0 Å². The summed E-state index contributed by atoms with van der Waals surface area (Å²) in [5, 5.41) is 13.5. The van der Waals surface area contributed by atoms with Crippen LogP contribution in [0.3, 0.4) is 0 Å². The van der Waals surface area contributed by atoms with Gasteiger partial charge in [0.25, 0.3) is 10.0 Å². The molecular weight excluding hydrogens is 376 g/mol. The van der Waals surface area contributed by atoms with Crippen LogP contribution in [0, 0.1) is 6.92 Å². The van der Waals surface area contributed by atoms with E-state index in [2.05, 4.69) is 5.32 Å². The predicted octanol–water partition coefficient (Wildman–Crippen LogP) is 2.92. The van der Waals surface area contributed by atoms with E-state index in [1.165, 1.54) is 10.2 Å². The highest BCUT2D eigenvalue weighted by Crippen LogP contribution is 2.30. The molecule has 2 N–H and O–H groups in total. The number of hydrogen-bond donors (Lipinski definition) is 2. The average Bonchev–Trinajstić information content (AvgIpc) is 3.11. The lowest BCUT2D eigenvalue weighted by molar-refractivity contribution is 0.114. The number of aryl methyl sites for hydroxylation is 1. The Kier molecular flexibility index (Phi) is 6.07. The lowest BCUT2D eigenvalue weighted by Gasteiger charge is -2.19. The summed E-state index contributed by atoms with van der Waals surface area (Å²) in [6.45, 7) is 6.30. The van der Waals surface area contributed by atoms with Crippen LogP contribution in [0.2, 0.25) is 0 Å². The number of aliphatic hydroxyl groups excluding tert-OH is 1. The summed E-state index contributed by atoms with van der Waals surface area (Å²) in [6, 6.07) is 14.0. The second kappa shape index (κ2) is 8.34. The van der Waals surface area contributed by atoms with E-state index in [0.717, 1.165) is 5.56 Å². The van der Waals surface area contributed by atoms with Crippen molar-refractivity contribution < 1.29 is 18.3 Å². The monoisotopic (exact) mass is 402 g/mol. The summed E-state index contributed by atoms with van der Waals surface area (Å²) in [5.41, 5.74) is 1.53. The van der Waals surface area contributed by atoms with Gasteiger partial charge in [0.2, 0.25) is 0 Å². The normalized spacial score (nSPS) is 13.2. The Morgan fingerprint density at radius 2 is 1.82 bits per heavy atom. The lowest BCUT2D eigenvalue weighted by Crippen LogP contribution is -2.37. The van der Waals surface area contributed by atoms with E-state index in [4.69, 9.17) is 4.74 Å². The SMILES string of the molecule is Cc1ccc(S(=O)(=O)n2ccc3c(O[C@H](CO)CNC(C)C)cccc32)cc1. The number of benzene rings is 2. The maximum Gasteiger partial charge on any atom is 0.268 e. The van der Waals surface area contributed by atoms with Gasteiger partial charge in [-0.2, -0.15) is 0 Å². The van der Waals surface area contributed by atoms with E-state index in [9.17, 15) is 13.5 Å². The van der Waals surface area contributed by atoms with Crippen molar-refractivity contribution in [3.05, 3.63) is 60.3 Å². The second-order valence-electron chi connectivity index (χ2n) is 7.10. The first-order valence-electron chi connectivity index (χ1n) is 9.26. The maximum absolute atomic E-state index is 13.1. The molecule has 0 saturated carbocycles. The van der Waals surface area contributed by atoms with E-state index in [1.807, 2.05) is 20.8 Å². The highest BCUT2D eigenvalue weighted by atomic mass is 32.2. The van der Waals surface area contributed by atoms with Crippen molar-refractivity contribution in [2.45, 2.75) is 37.8 Å². The van der Waals surface area contributed by atoms with Gasteiger partial charge in [-0.3, -0.25) is 0 Å². The molecule has 3 aromatic rings. The van der Waals surface area contributed by atoms with E-state index < -0.39 is 16.1 Å². The number of fused-ring (bicyclic) bond motifs is 1. The number of aromatic nitrogens is 1. The zero-order chi connectivity index (χ0) is 20.3. The van der Waals surface area contributed by atoms with Crippen molar-refractivity contribution in [1.29, 1.82) is 0 Å². The van der Waals surface area contributed by atoms with Crippen LogP contribution in [-0.4, -0.2) is 42.8 Å². The summed E-state index contributed by atoms with van der Waals surface area (Å²) >= 11 is 0. The Morgan fingerprint density at radius 3 is 2.46 bits per heavy atom. The molecular formula is C21H26N2O4S. The zero-order valence-electron chi connectivity index (χ0n) is 16.3. The van der Waals surface area contributed by atoms with Gasteiger partial charge in [0, 0.05) is 24.2 Å². The molecule has 150 valence electrons. The molecule has 0 unspecified atom stereocenters. The Morgan fingerprint density at radius 1 is 1.11 bits per heavy atom. The van der Waals surface area contributed by atoms with Crippen molar-refractivity contribution in [3.63, 3.8) is 0 Å². The minimum Gasteiger partial charge on any atom is -0.486 e. The Bertz CT molecular complexity index is 1040. The zero-order valence-corrected chi connectivity index (χ0v) is 17.1. The fourth-order valence-corrected chi connectivity index (χ4v) is 4.29. The fourth-order valence-electron chi connectivity index (χ4n) is 2.94. The topological polar surface area (TPSA) is 80.6 Å². The van der Waals surface area contributed by atoms with Crippen molar-refractivity contribution in [1.82, 2.24) is 9.29 Å². The molecule has 0 aliphatic rings. The second-order valence-corrected chi connectivity index (χ2v) is 8.92. The first kappa shape index (κ1) is 20.4. The third-order valence-corrected chi connectivity index (χ3v) is 6.19. The van der Waals surface area contributed by atoms with Gasteiger partial charge in [0.05, 0.1) is 17.0 Å². The van der Waals surface area contributed by atoms with Gasteiger partial charge in [0.15, 0.2) is 0 Å². The maximum atomic E-state index is 13.1. The number of aliphatic hydroxyl groups is 1. The van der Waals surface area contributed by atoms with Crippen molar-refractivity contribution in [3.8, 4) is 5.75 Å². The molecule has 6 nitrogen and oxygen atoms in total. The molecule has 0 radical (unpaired) electrons. The number of nitrogens with zero attached hydrogens (tertiary/aromatic N) is 1. The number of hydrogen-bond acceptors (Lipinski definition) is 5. The van der Waals surface area contributed by atoms with E-state index in [1.54, 1.807) is 48.5 Å². The van der Waals surface area contributed by atoms with Gasteiger partial charge in [0.1, 0.15) is 11.9 Å². The summed E-state index contributed by atoms with van der Waals surface area (Å²) in [7, 11) is -3.71. The van der Waals surface area contributed by atoms with Gasteiger partial charge in [-0.25, -0.2) is 12.4 Å². The van der Waals surface area contributed by atoms with Gasteiger partial charge in [-0.15, -0.1) is 0 Å².